The summed E-state index contributed by atoms with van der Waals surface area (Å²) in [7, 11) is 1.28. The summed E-state index contributed by atoms with van der Waals surface area (Å²) in [6, 6.07) is 3.53. The van der Waals surface area contributed by atoms with Crippen molar-refractivity contribution < 1.29 is 9.53 Å². The Balaban J connectivity index is 2.13. The number of carbonyl (C=O) groups excluding carboxylic acids is 1. The average molecular weight is 304 g/mol. The SMILES string of the molecule is COC(=O)c1cc(-c2sccc2C)nn(CC2CC2)c1=O. The van der Waals surface area contributed by atoms with Gasteiger partial charge in [0.2, 0.25) is 0 Å². The second kappa shape index (κ2) is 5.44. The van der Waals surface area contributed by atoms with E-state index >= 15 is 0 Å². The minimum atomic E-state index is -0.609. The maximum atomic E-state index is 12.3. The molecule has 0 amide bonds. The van der Waals surface area contributed by atoms with Crippen LogP contribution in [0.2, 0.25) is 0 Å². The number of aromatic nitrogens is 2. The van der Waals surface area contributed by atoms with E-state index in [1.165, 1.54) is 17.9 Å². The Hall–Kier alpha value is -1.95. The number of nitrogens with zero attached hydrogens (tertiary/aromatic N) is 2. The first-order valence-corrected chi connectivity index (χ1v) is 7.73. The van der Waals surface area contributed by atoms with Crippen LogP contribution in [0.25, 0.3) is 10.6 Å². The molecule has 3 rings (SSSR count). The van der Waals surface area contributed by atoms with Crippen molar-refractivity contribution in [3.63, 3.8) is 0 Å². The average Bonchev–Trinajstić information content (AvgIpc) is 3.19. The summed E-state index contributed by atoms with van der Waals surface area (Å²) in [6.45, 7) is 2.56. The molecule has 0 aromatic carbocycles. The number of hydrogen-bond acceptors (Lipinski definition) is 5. The highest BCUT2D eigenvalue weighted by molar-refractivity contribution is 7.13. The van der Waals surface area contributed by atoms with E-state index in [1.807, 2.05) is 18.4 Å². The highest BCUT2D eigenvalue weighted by atomic mass is 32.1. The molecular weight excluding hydrogens is 288 g/mol. The molecule has 1 fully saturated rings. The van der Waals surface area contributed by atoms with Crippen LogP contribution >= 0.6 is 11.3 Å². The smallest absolute Gasteiger partial charge is 0.343 e. The molecule has 1 aliphatic carbocycles. The molecule has 0 radical (unpaired) electrons. The summed E-state index contributed by atoms with van der Waals surface area (Å²) in [6.07, 6.45) is 2.23. The van der Waals surface area contributed by atoms with Crippen LogP contribution in [0, 0.1) is 12.8 Å². The third-order valence-corrected chi connectivity index (χ3v) is 4.64. The predicted octanol–water partition coefficient (Wildman–Crippen LogP) is 2.48. The van der Waals surface area contributed by atoms with Crippen molar-refractivity contribution in [2.45, 2.75) is 26.3 Å². The largest absolute Gasteiger partial charge is 0.465 e. The van der Waals surface area contributed by atoms with Crippen molar-refractivity contribution in [3.8, 4) is 10.6 Å². The molecule has 0 N–H and O–H groups in total. The molecule has 0 aliphatic heterocycles. The molecule has 6 heteroatoms. The van der Waals surface area contributed by atoms with Crippen LogP contribution in [0.15, 0.2) is 22.3 Å². The summed E-state index contributed by atoms with van der Waals surface area (Å²) < 4.78 is 6.13. The fraction of sp³-hybridized carbons (Fsp3) is 0.400. The first-order chi connectivity index (χ1) is 10.1. The maximum absolute atomic E-state index is 12.3. The number of methoxy groups -OCH3 is 1. The zero-order valence-electron chi connectivity index (χ0n) is 12.0. The summed E-state index contributed by atoms with van der Waals surface area (Å²) in [5.41, 5.74) is 1.42. The van der Waals surface area contributed by atoms with Crippen LogP contribution in [-0.4, -0.2) is 22.9 Å². The molecule has 2 heterocycles. The topological polar surface area (TPSA) is 61.2 Å². The van der Waals surface area contributed by atoms with Gasteiger partial charge in [-0.15, -0.1) is 11.3 Å². The monoisotopic (exact) mass is 304 g/mol. The van der Waals surface area contributed by atoms with Gasteiger partial charge in [0.05, 0.1) is 12.0 Å². The molecule has 1 saturated carbocycles. The zero-order chi connectivity index (χ0) is 15.0. The molecule has 2 aromatic heterocycles. The first kappa shape index (κ1) is 14.0. The van der Waals surface area contributed by atoms with Gasteiger partial charge in [0, 0.05) is 6.54 Å². The summed E-state index contributed by atoms with van der Waals surface area (Å²) in [5.74, 6) is -0.109. The molecular formula is C15H16N2O3S. The minimum absolute atomic E-state index is 0.0518. The molecule has 0 atom stereocenters. The summed E-state index contributed by atoms with van der Waals surface area (Å²) in [5, 5.41) is 6.41. The lowest BCUT2D eigenvalue weighted by Crippen LogP contribution is -2.30. The van der Waals surface area contributed by atoms with Crippen molar-refractivity contribution in [1.82, 2.24) is 9.78 Å². The van der Waals surface area contributed by atoms with E-state index in [4.69, 9.17) is 4.74 Å². The normalized spacial score (nSPS) is 14.2. The molecule has 21 heavy (non-hydrogen) atoms. The zero-order valence-corrected chi connectivity index (χ0v) is 12.8. The quantitative estimate of drug-likeness (QED) is 0.814. The van der Waals surface area contributed by atoms with Crippen molar-refractivity contribution in [1.29, 1.82) is 0 Å². The van der Waals surface area contributed by atoms with Gasteiger partial charge in [0.1, 0.15) is 11.3 Å². The van der Waals surface area contributed by atoms with Gasteiger partial charge in [-0.25, -0.2) is 9.48 Å². The van der Waals surface area contributed by atoms with E-state index < -0.39 is 5.97 Å². The highest BCUT2D eigenvalue weighted by Gasteiger charge is 2.25. The van der Waals surface area contributed by atoms with Gasteiger partial charge >= 0.3 is 5.97 Å². The Bertz CT molecular complexity index is 744. The predicted molar refractivity (Wildman–Crippen MR) is 80.6 cm³/mol. The molecule has 0 unspecified atom stereocenters. The van der Waals surface area contributed by atoms with E-state index in [2.05, 4.69) is 5.10 Å². The van der Waals surface area contributed by atoms with Crippen LogP contribution < -0.4 is 5.56 Å². The Kier molecular flexibility index (Phi) is 3.63. The van der Waals surface area contributed by atoms with Crippen molar-refractivity contribution in [3.05, 3.63) is 39.0 Å². The van der Waals surface area contributed by atoms with Crippen LogP contribution in [0.4, 0.5) is 0 Å². The van der Waals surface area contributed by atoms with E-state index in [-0.39, 0.29) is 11.1 Å². The van der Waals surface area contributed by atoms with Gasteiger partial charge in [-0.05, 0) is 48.8 Å². The summed E-state index contributed by atoms with van der Waals surface area (Å²) in [4.78, 5) is 25.2. The van der Waals surface area contributed by atoms with Gasteiger partial charge in [0.25, 0.3) is 5.56 Å². The summed E-state index contributed by atoms with van der Waals surface area (Å²) >= 11 is 1.55. The van der Waals surface area contributed by atoms with Crippen molar-refractivity contribution in [2.75, 3.05) is 7.11 Å². The van der Waals surface area contributed by atoms with Gasteiger partial charge in [-0.3, -0.25) is 4.79 Å². The molecule has 1 aliphatic rings. The first-order valence-electron chi connectivity index (χ1n) is 6.85. The number of carbonyl (C=O) groups is 1. The standard InChI is InChI=1S/C15H16N2O3S/c1-9-5-6-21-13(9)12-7-11(15(19)20-2)14(18)17(16-12)8-10-3-4-10/h5-7,10H,3-4,8H2,1-2H3. The highest BCUT2D eigenvalue weighted by Crippen LogP contribution is 2.31. The molecule has 0 saturated heterocycles. The Morgan fingerprint density at radius 2 is 2.29 bits per heavy atom. The lowest BCUT2D eigenvalue weighted by atomic mass is 10.2. The van der Waals surface area contributed by atoms with Crippen molar-refractivity contribution in [2.24, 2.45) is 5.92 Å². The van der Waals surface area contributed by atoms with E-state index in [1.54, 1.807) is 11.3 Å². The molecule has 5 nitrogen and oxygen atoms in total. The van der Waals surface area contributed by atoms with E-state index in [9.17, 15) is 9.59 Å². The number of thiophene rings is 1. The maximum Gasteiger partial charge on any atom is 0.343 e. The number of esters is 1. The van der Waals surface area contributed by atoms with Gasteiger partial charge < -0.3 is 4.74 Å². The third kappa shape index (κ3) is 2.76. The second-order valence-corrected chi connectivity index (χ2v) is 6.21. The minimum Gasteiger partial charge on any atom is -0.465 e. The number of aryl methyl sites for hydroxylation is 1. The Morgan fingerprint density at radius 1 is 1.52 bits per heavy atom. The molecule has 0 bridgehead atoms. The Labute approximate surface area is 126 Å². The lowest BCUT2D eigenvalue weighted by molar-refractivity contribution is 0.0597. The molecule has 2 aromatic rings. The lowest BCUT2D eigenvalue weighted by Gasteiger charge is -2.09. The van der Waals surface area contributed by atoms with Crippen LogP contribution in [0.5, 0.6) is 0 Å². The van der Waals surface area contributed by atoms with Gasteiger partial charge in [0.15, 0.2) is 0 Å². The number of hydrogen-bond donors (Lipinski definition) is 0. The third-order valence-electron chi connectivity index (χ3n) is 3.60. The van der Waals surface area contributed by atoms with Crippen LogP contribution in [0.3, 0.4) is 0 Å². The number of rotatable bonds is 4. The Morgan fingerprint density at radius 3 is 2.86 bits per heavy atom. The van der Waals surface area contributed by atoms with Crippen LogP contribution in [0.1, 0.15) is 28.8 Å². The molecule has 110 valence electrons. The van der Waals surface area contributed by atoms with Crippen molar-refractivity contribution >= 4 is 17.3 Å². The van der Waals surface area contributed by atoms with E-state index in [0.29, 0.717) is 18.2 Å². The fourth-order valence-corrected chi connectivity index (χ4v) is 3.10. The van der Waals surface area contributed by atoms with Gasteiger partial charge in [-0.1, -0.05) is 0 Å². The fourth-order valence-electron chi connectivity index (χ4n) is 2.21. The number of ether oxygens (including phenoxy) is 1. The molecule has 0 spiro atoms. The van der Waals surface area contributed by atoms with Gasteiger partial charge in [-0.2, -0.15) is 5.10 Å². The van der Waals surface area contributed by atoms with E-state index in [0.717, 1.165) is 23.3 Å². The van der Waals surface area contributed by atoms with Crippen LogP contribution in [-0.2, 0) is 11.3 Å². The second-order valence-electron chi connectivity index (χ2n) is 5.30.